The van der Waals surface area contributed by atoms with E-state index in [1.807, 2.05) is 24.3 Å². The van der Waals surface area contributed by atoms with Crippen LogP contribution in [0.3, 0.4) is 0 Å². The van der Waals surface area contributed by atoms with E-state index in [0.717, 1.165) is 24.3 Å². The second kappa shape index (κ2) is 6.83. The lowest BCUT2D eigenvalue weighted by molar-refractivity contribution is -0.148. The molecule has 1 aromatic carbocycles. The smallest absolute Gasteiger partial charge is 0.329 e. The van der Waals surface area contributed by atoms with E-state index in [4.69, 9.17) is 9.47 Å². The van der Waals surface area contributed by atoms with E-state index in [9.17, 15) is 9.59 Å². The Morgan fingerprint density at radius 1 is 1.29 bits per heavy atom. The fourth-order valence-electron chi connectivity index (χ4n) is 3.61. The molecule has 0 bridgehead atoms. The fourth-order valence-corrected chi connectivity index (χ4v) is 3.61. The van der Waals surface area contributed by atoms with Gasteiger partial charge in [-0.25, -0.2) is 4.79 Å². The monoisotopic (exact) mass is 331 g/mol. The highest BCUT2D eigenvalue weighted by molar-refractivity contribution is 5.91. The second-order valence-electron chi connectivity index (χ2n) is 6.88. The van der Waals surface area contributed by atoms with Crippen LogP contribution in [0.15, 0.2) is 24.3 Å². The molecule has 0 aliphatic heterocycles. The number of benzene rings is 1. The summed E-state index contributed by atoms with van der Waals surface area (Å²) in [5.74, 6) is 0.275. The number of ketones is 1. The summed E-state index contributed by atoms with van der Waals surface area (Å²) in [6.45, 7) is 2.10. The minimum Gasteiger partial charge on any atom is -0.497 e. The third kappa shape index (κ3) is 3.55. The molecule has 0 heterocycles. The van der Waals surface area contributed by atoms with Gasteiger partial charge in [-0.1, -0.05) is 0 Å². The maximum atomic E-state index is 12.5. The lowest BCUT2D eigenvalue weighted by atomic mass is 9.74. The Morgan fingerprint density at radius 2 is 2.00 bits per heavy atom. The Morgan fingerprint density at radius 3 is 2.58 bits per heavy atom. The molecule has 1 spiro atoms. The molecule has 5 heteroatoms. The molecule has 2 fully saturated rings. The van der Waals surface area contributed by atoms with Gasteiger partial charge >= 0.3 is 5.97 Å². The van der Waals surface area contributed by atoms with Gasteiger partial charge in [-0.05, 0) is 62.3 Å². The average Bonchev–Trinajstić information content (AvgIpc) is 3.35. The number of carbonyl (C=O) groups excluding carboxylic acids is 2. The molecule has 130 valence electrons. The normalized spacial score (nSPS) is 22.8. The molecule has 0 unspecified atom stereocenters. The molecule has 0 radical (unpaired) electrons. The number of hydrogen-bond donors (Lipinski definition) is 1. The first-order chi connectivity index (χ1) is 11.6. The van der Waals surface area contributed by atoms with Crippen LogP contribution < -0.4 is 10.1 Å². The van der Waals surface area contributed by atoms with Crippen molar-refractivity contribution in [1.29, 1.82) is 0 Å². The molecule has 3 rings (SSSR count). The SMILES string of the molecule is CCOC(=O)[C@@H](Nc1ccc(OC)cc1)[C@@H]1CC2(CCC1=O)CC2. The summed E-state index contributed by atoms with van der Waals surface area (Å²) in [5, 5.41) is 3.23. The van der Waals surface area contributed by atoms with Crippen molar-refractivity contribution in [2.45, 2.75) is 45.1 Å². The maximum Gasteiger partial charge on any atom is 0.329 e. The predicted molar refractivity (Wildman–Crippen MR) is 91.1 cm³/mol. The molecule has 24 heavy (non-hydrogen) atoms. The van der Waals surface area contributed by atoms with Gasteiger partial charge in [-0.3, -0.25) is 4.79 Å². The number of ether oxygens (including phenoxy) is 2. The van der Waals surface area contributed by atoms with Crippen molar-refractivity contribution >= 4 is 17.4 Å². The largest absolute Gasteiger partial charge is 0.497 e. The van der Waals surface area contributed by atoms with Gasteiger partial charge in [0.05, 0.1) is 13.7 Å². The maximum absolute atomic E-state index is 12.5. The highest BCUT2D eigenvalue weighted by atomic mass is 16.5. The molecule has 2 aliphatic carbocycles. The lowest BCUT2D eigenvalue weighted by Crippen LogP contribution is -2.45. The highest BCUT2D eigenvalue weighted by Crippen LogP contribution is 2.57. The molecule has 2 saturated carbocycles. The van der Waals surface area contributed by atoms with Crippen LogP contribution in [-0.2, 0) is 14.3 Å². The molecule has 2 aliphatic rings. The van der Waals surface area contributed by atoms with E-state index in [1.165, 1.54) is 12.8 Å². The van der Waals surface area contributed by atoms with Gasteiger partial charge < -0.3 is 14.8 Å². The Hall–Kier alpha value is -2.04. The van der Waals surface area contributed by atoms with Crippen LogP contribution >= 0.6 is 0 Å². The molecule has 5 nitrogen and oxygen atoms in total. The van der Waals surface area contributed by atoms with Crippen molar-refractivity contribution in [1.82, 2.24) is 0 Å². The zero-order chi connectivity index (χ0) is 17.2. The Bertz CT molecular complexity index is 606. The van der Waals surface area contributed by atoms with Gasteiger partial charge in [0.2, 0.25) is 0 Å². The van der Waals surface area contributed by atoms with E-state index >= 15 is 0 Å². The average molecular weight is 331 g/mol. The molecule has 0 aromatic heterocycles. The predicted octanol–water partition coefficient (Wildman–Crippen LogP) is 3.19. The zero-order valence-corrected chi connectivity index (χ0v) is 14.3. The number of nitrogens with one attached hydrogen (secondary N) is 1. The number of carbonyl (C=O) groups is 2. The van der Waals surface area contributed by atoms with Gasteiger partial charge in [0.25, 0.3) is 0 Å². The van der Waals surface area contributed by atoms with Crippen molar-refractivity contribution in [3.05, 3.63) is 24.3 Å². The summed E-state index contributed by atoms with van der Waals surface area (Å²) in [6.07, 6.45) is 4.69. The van der Waals surface area contributed by atoms with E-state index in [2.05, 4.69) is 5.32 Å². The van der Waals surface area contributed by atoms with Crippen LogP contribution in [0.1, 0.15) is 39.0 Å². The zero-order valence-electron chi connectivity index (χ0n) is 14.3. The summed E-state index contributed by atoms with van der Waals surface area (Å²) in [7, 11) is 1.61. The van der Waals surface area contributed by atoms with Crippen molar-refractivity contribution in [2.24, 2.45) is 11.3 Å². The molecular formula is C19H25NO4. The van der Waals surface area contributed by atoms with E-state index < -0.39 is 6.04 Å². The van der Waals surface area contributed by atoms with Gasteiger partial charge in [-0.15, -0.1) is 0 Å². The third-order valence-electron chi connectivity index (χ3n) is 5.28. The van der Waals surface area contributed by atoms with Crippen molar-refractivity contribution in [2.75, 3.05) is 19.0 Å². The number of anilines is 1. The first-order valence-electron chi connectivity index (χ1n) is 8.67. The fraction of sp³-hybridized carbons (Fsp3) is 0.579. The van der Waals surface area contributed by atoms with Crippen LogP contribution in [0.5, 0.6) is 5.75 Å². The van der Waals surface area contributed by atoms with Crippen molar-refractivity contribution < 1.29 is 19.1 Å². The van der Waals surface area contributed by atoms with Gasteiger partial charge in [0.1, 0.15) is 17.6 Å². The molecule has 0 amide bonds. The van der Waals surface area contributed by atoms with Crippen molar-refractivity contribution in [3.63, 3.8) is 0 Å². The van der Waals surface area contributed by atoms with Crippen LogP contribution in [0, 0.1) is 11.3 Å². The molecular weight excluding hydrogens is 306 g/mol. The Kier molecular flexibility index (Phi) is 4.78. The summed E-state index contributed by atoms with van der Waals surface area (Å²) in [5.41, 5.74) is 1.09. The van der Waals surface area contributed by atoms with Gasteiger partial charge in [0.15, 0.2) is 0 Å². The molecule has 2 atom stereocenters. The summed E-state index contributed by atoms with van der Waals surface area (Å²) >= 11 is 0. The number of esters is 1. The lowest BCUT2D eigenvalue weighted by Gasteiger charge is -2.33. The third-order valence-corrected chi connectivity index (χ3v) is 5.28. The quantitative estimate of drug-likeness (QED) is 0.811. The van der Waals surface area contributed by atoms with Gasteiger partial charge in [0, 0.05) is 18.0 Å². The van der Waals surface area contributed by atoms with E-state index in [0.29, 0.717) is 18.4 Å². The van der Waals surface area contributed by atoms with Crippen LogP contribution in [0.2, 0.25) is 0 Å². The first kappa shape index (κ1) is 16.8. The van der Waals surface area contributed by atoms with Crippen molar-refractivity contribution in [3.8, 4) is 5.75 Å². The minimum absolute atomic E-state index is 0.173. The standard InChI is InChI=1S/C19H25NO4/c1-3-24-18(22)17(20-13-4-6-14(23-2)7-5-13)15-12-19(10-11-19)9-8-16(15)21/h4-7,15,17,20H,3,8-12H2,1-2H3/t15-,17+/m1/s1. The number of methoxy groups -OCH3 is 1. The molecule has 0 saturated heterocycles. The van der Waals surface area contributed by atoms with E-state index in [-0.39, 0.29) is 17.7 Å². The molecule has 1 N–H and O–H groups in total. The van der Waals surface area contributed by atoms with Crippen LogP contribution in [0.25, 0.3) is 0 Å². The Labute approximate surface area is 142 Å². The summed E-state index contributed by atoms with van der Waals surface area (Å²) in [6, 6.07) is 6.74. The second-order valence-corrected chi connectivity index (χ2v) is 6.88. The minimum atomic E-state index is -0.622. The number of Topliss-reactive ketones (excluding diaryl/α,β-unsaturated/α-hetero) is 1. The van der Waals surface area contributed by atoms with Crippen LogP contribution in [0.4, 0.5) is 5.69 Å². The summed E-state index contributed by atoms with van der Waals surface area (Å²) in [4.78, 5) is 25.0. The van der Waals surface area contributed by atoms with Gasteiger partial charge in [-0.2, -0.15) is 0 Å². The summed E-state index contributed by atoms with van der Waals surface area (Å²) < 4.78 is 10.4. The van der Waals surface area contributed by atoms with Crippen LogP contribution in [-0.4, -0.2) is 31.5 Å². The number of rotatable bonds is 6. The molecule has 1 aromatic rings. The van der Waals surface area contributed by atoms with E-state index in [1.54, 1.807) is 14.0 Å². The Balaban J connectivity index is 1.79. The number of hydrogen-bond acceptors (Lipinski definition) is 5. The highest BCUT2D eigenvalue weighted by Gasteiger charge is 2.51. The first-order valence-corrected chi connectivity index (χ1v) is 8.67. The topological polar surface area (TPSA) is 64.6 Å².